The summed E-state index contributed by atoms with van der Waals surface area (Å²) in [4.78, 5) is 0. The Bertz CT molecular complexity index is 563. The van der Waals surface area contributed by atoms with Crippen LogP contribution < -0.4 is 5.32 Å². The Morgan fingerprint density at radius 3 is 2.90 bits per heavy atom. The number of nitrogens with one attached hydrogen (secondary N) is 1. The zero-order chi connectivity index (χ0) is 14.8. The van der Waals surface area contributed by atoms with Gasteiger partial charge < -0.3 is 10.4 Å². The van der Waals surface area contributed by atoms with Crippen LogP contribution in [0.25, 0.3) is 0 Å². The molecular formula is C14H20ClN3OS. The molecule has 0 bridgehead atoms. The Balaban J connectivity index is 2.00. The van der Waals surface area contributed by atoms with Gasteiger partial charge in [-0.15, -0.1) is 0 Å². The molecule has 4 nitrogen and oxygen atoms in total. The first-order chi connectivity index (χ1) is 9.45. The number of hydrogen-bond acceptors (Lipinski definition) is 4. The maximum atomic E-state index is 10.4. The maximum Gasteiger partial charge on any atom is 0.131 e. The molecule has 1 atom stereocenters. The molecule has 0 saturated carbocycles. The van der Waals surface area contributed by atoms with E-state index in [9.17, 15) is 5.11 Å². The standard InChI is InChI=1S/C14H20ClN3OS/c1-4-12-11(13(15)18(3)17-12)7-16-9-14(2,19)10-5-6-20-8-10/h5-6,8,16,19H,4,7,9H2,1-3H3. The molecule has 0 spiro atoms. The minimum Gasteiger partial charge on any atom is -0.384 e. The van der Waals surface area contributed by atoms with E-state index >= 15 is 0 Å². The second kappa shape index (κ2) is 6.26. The summed E-state index contributed by atoms with van der Waals surface area (Å²) in [5, 5.41) is 22.7. The topological polar surface area (TPSA) is 50.1 Å². The van der Waals surface area contributed by atoms with E-state index in [4.69, 9.17) is 11.6 Å². The Hall–Kier alpha value is -0.880. The van der Waals surface area contributed by atoms with Gasteiger partial charge in [0.15, 0.2) is 0 Å². The normalized spacial score (nSPS) is 14.4. The van der Waals surface area contributed by atoms with E-state index in [0.717, 1.165) is 23.2 Å². The Morgan fingerprint density at radius 1 is 1.55 bits per heavy atom. The third kappa shape index (κ3) is 3.23. The molecule has 6 heteroatoms. The quantitative estimate of drug-likeness (QED) is 0.862. The number of nitrogens with zero attached hydrogens (tertiary/aromatic N) is 2. The molecule has 110 valence electrons. The minimum atomic E-state index is -0.874. The fourth-order valence-corrected chi connectivity index (χ4v) is 3.16. The molecule has 0 radical (unpaired) electrons. The van der Waals surface area contributed by atoms with E-state index in [1.54, 1.807) is 16.0 Å². The largest absolute Gasteiger partial charge is 0.384 e. The monoisotopic (exact) mass is 313 g/mol. The molecule has 0 aliphatic heterocycles. The van der Waals surface area contributed by atoms with Crippen molar-refractivity contribution in [3.8, 4) is 0 Å². The molecule has 0 amide bonds. The molecule has 20 heavy (non-hydrogen) atoms. The maximum absolute atomic E-state index is 10.4. The Labute approximate surface area is 128 Å². The first-order valence-electron chi connectivity index (χ1n) is 6.61. The van der Waals surface area contributed by atoms with Crippen LogP contribution in [0.15, 0.2) is 16.8 Å². The van der Waals surface area contributed by atoms with Crippen molar-refractivity contribution in [2.45, 2.75) is 32.4 Å². The van der Waals surface area contributed by atoms with Crippen LogP contribution in [0.5, 0.6) is 0 Å². The van der Waals surface area contributed by atoms with Crippen molar-refractivity contribution in [2.24, 2.45) is 7.05 Å². The molecule has 1 unspecified atom stereocenters. The van der Waals surface area contributed by atoms with Crippen molar-refractivity contribution < 1.29 is 5.11 Å². The average Bonchev–Trinajstić information content (AvgIpc) is 3.02. The third-order valence-corrected chi connectivity index (χ3v) is 4.56. The van der Waals surface area contributed by atoms with Crippen molar-refractivity contribution in [2.75, 3.05) is 6.54 Å². The lowest BCUT2D eigenvalue weighted by Crippen LogP contribution is -2.34. The summed E-state index contributed by atoms with van der Waals surface area (Å²) in [5.41, 5.74) is 2.07. The summed E-state index contributed by atoms with van der Waals surface area (Å²) in [6, 6.07) is 1.95. The van der Waals surface area contributed by atoms with Gasteiger partial charge in [-0.3, -0.25) is 4.68 Å². The zero-order valence-electron chi connectivity index (χ0n) is 12.0. The Kier molecular flexibility index (Phi) is 4.86. The second-order valence-electron chi connectivity index (χ2n) is 5.08. The molecule has 0 aromatic carbocycles. The van der Waals surface area contributed by atoms with Crippen LogP contribution in [-0.2, 0) is 25.6 Å². The van der Waals surface area contributed by atoms with Crippen LogP contribution in [0.1, 0.15) is 30.7 Å². The van der Waals surface area contributed by atoms with E-state index in [0.29, 0.717) is 18.2 Å². The molecule has 0 aliphatic rings. The molecule has 0 saturated heterocycles. The lowest BCUT2D eigenvalue weighted by Gasteiger charge is -2.23. The van der Waals surface area contributed by atoms with Gasteiger partial charge >= 0.3 is 0 Å². The van der Waals surface area contributed by atoms with Crippen molar-refractivity contribution >= 4 is 22.9 Å². The molecule has 0 fully saturated rings. The van der Waals surface area contributed by atoms with Crippen molar-refractivity contribution in [3.63, 3.8) is 0 Å². The van der Waals surface area contributed by atoms with E-state index in [-0.39, 0.29) is 0 Å². The first-order valence-corrected chi connectivity index (χ1v) is 7.93. The van der Waals surface area contributed by atoms with Crippen molar-refractivity contribution in [1.82, 2.24) is 15.1 Å². The predicted octanol–water partition coefficient (Wildman–Crippen LogP) is 2.69. The van der Waals surface area contributed by atoms with Gasteiger partial charge in [-0.05, 0) is 35.7 Å². The van der Waals surface area contributed by atoms with Crippen LogP contribution in [-0.4, -0.2) is 21.4 Å². The van der Waals surface area contributed by atoms with Gasteiger partial charge in [0, 0.05) is 25.7 Å². The number of aromatic nitrogens is 2. The highest BCUT2D eigenvalue weighted by molar-refractivity contribution is 7.08. The summed E-state index contributed by atoms with van der Waals surface area (Å²) in [5.74, 6) is 0. The molecule has 2 aromatic heterocycles. The van der Waals surface area contributed by atoms with Gasteiger partial charge in [0.05, 0.1) is 11.3 Å². The van der Waals surface area contributed by atoms with E-state index < -0.39 is 5.60 Å². The fourth-order valence-electron chi connectivity index (χ4n) is 2.16. The third-order valence-electron chi connectivity index (χ3n) is 3.40. The van der Waals surface area contributed by atoms with Gasteiger partial charge in [-0.2, -0.15) is 16.4 Å². The number of halogens is 1. The van der Waals surface area contributed by atoms with Crippen LogP contribution >= 0.6 is 22.9 Å². The van der Waals surface area contributed by atoms with E-state index in [2.05, 4.69) is 17.3 Å². The smallest absolute Gasteiger partial charge is 0.131 e. The second-order valence-corrected chi connectivity index (χ2v) is 6.22. The van der Waals surface area contributed by atoms with Gasteiger partial charge in [0.1, 0.15) is 5.15 Å². The number of hydrogen-bond donors (Lipinski definition) is 2. The fraction of sp³-hybridized carbons (Fsp3) is 0.500. The van der Waals surface area contributed by atoms with Gasteiger partial charge in [-0.25, -0.2) is 0 Å². The summed E-state index contributed by atoms with van der Waals surface area (Å²) in [6.45, 7) is 4.95. The van der Waals surface area contributed by atoms with Crippen molar-refractivity contribution in [3.05, 3.63) is 38.8 Å². The molecule has 2 aromatic rings. The molecule has 0 aliphatic carbocycles. The molecular weight excluding hydrogens is 294 g/mol. The highest BCUT2D eigenvalue weighted by Crippen LogP contribution is 2.23. The number of aliphatic hydroxyl groups is 1. The highest BCUT2D eigenvalue weighted by Gasteiger charge is 2.23. The summed E-state index contributed by atoms with van der Waals surface area (Å²) in [7, 11) is 1.84. The highest BCUT2D eigenvalue weighted by atomic mass is 35.5. The zero-order valence-corrected chi connectivity index (χ0v) is 13.6. The average molecular weight is 314 g/mol. The summed E-state index contributed by atoms with van der Waals surface area (Å²) >= 11 is 7.83. The summed E-state index contributed by atoms with van der Waals surface area (Å²) < 4.78 is 1.69. The molecule has 2 heterocycles. The first kappa shape index (κ1) is 15.5. The minimum absolute atomic E-state index is 0.470. The predicted molar refractivity (Wildman–Crippen MR) is 83.2 cm³/mol. The van der Waals surface area contributed by atoms with Crippen LogP contribution in [0.3, 0.4) is 0 Å². The number of aryl methyl sites for hydroxylation is 2. The van der Waals surface area contributed by atoms with Gasteiger partial charge in [-0.1, -0.05) is 18.5 Å². The number of rotatable bonds is 6. The summed E-state index contributed by atoms with van der Waals surface area (Å²) in [6.07, 6.45) is 0.846. The number of thiophene rings is 1. The molecule has 2 N–H and O–H groups in total. The van der Waals surface area contributed by atoms with Crippen LogP contribution in [0, 0.1) is 0 Å². The van der Waals surface area contributed by atoms with Crippen LogP contribution in [0.4, 0.5) is 0 Å². The Morgan fingerprint density at radius 2 is 2.30 bits per heavy atom. The van der Waals surface area contributed by atoms with Gasteiger partial charge in [0.2, 0.25) is 0 Å². The lowest BCUT2D eigenvalue weighted by atomic mass is 9.99. The SMILES string of the molecule is CCc1nn(C)c(Cl)c1CNCC(C)(O)c1ccsc1. The lowest BCUT2D eigenvalue weighted by molar-refractivity contribution is 0.0571. The molecule has 2 rings (SSSR count). The van der Waals surface area contributed by atoms with Crippen LogP contribution in [0.2, 0.25) is 5.15 Å². The van der Waals surface area contributed by atoms with E-state index in [1.165, 1.54) is 0 Å². The van der Waals surface area contributed by atoms with Gasteiger partial charge in [0.25, 0.3) is 0 Å². The van der Waals surface area contributed by atoms with E-state index in [1.807, 2.05) is 30.8 Å². The van der Waals surface area contributed by atoms with Crippen molar-refractivity contribution in [1.29, 1.82) is 0 Å².